The molecule has 0 bridgehead atoms. The number of aryl methyl sites for hydroxylation is 1. The maximum absolute atomic E-state index is 14.7. The van der Waals surface area contributed by atoms with Crippen LogP contribution in [0.4, 0.5) is 4.39 Å². The Morgan fingerprint density at radius 3 is 2.48 bits per heavy atom. The molecule has 2 heterocycles. The summed E-state index contributed by atoms with van der Waals surface area (Å²) in [6, 6.07) is 25.5. The molecular weight excluding hydrogens is 509 g/mol. The van der Waals surface area contributed by atoms with Crippen molar-refractivity contribution in [3.05, 3.63) is 102 Å². The molecule has 0 aliphatic carbocycles. The van der Waals surface area contributed by atoms with Crippen molar-refractivity contribution >= 4 is 0 Å². The molecule has 0 radical (unpaired) electrons. The van der Waals surface area contributed by atoms with E-state index in [4.69, 9.17) is 19.3 Å². The van der Waals surface area contributed by atoms with E-state index in [1.807, 2.05) is 67.6 Å². The maximum Gasteiger partial charge on any atom is 0.227 e. The lowest BCUT2D eigenvalue weighted by Gasteiger charge is -2.28. The summed E-state index contributed by atoms with van der Waals surface area (Å²) in [5, 5.41) is 15.9. The van der Waals surface area contributed by atoms with E-state index in [2.05, 4.69) is 4.90 Å². The molecule has 7 nitrogen and oxygen atoms in total. The molecule has 1 aliphatic rings. The Morgan fingerprint density at radius 2 is 1.77 bits per heavy atom. The van der Waals surface area contributed by atoms with E-state index in [1.54, 1.807) is 22.9 Å². The Hall–Kier alpha value is -3.72. The van der Waals surface area contributed by atoms with Crippen molar-refractivity contribution in [1.82, 2.24) is 14.7 Å². The number of hydrogen-bond donors (Lipinski definition) is 1. The van der Waals surface area contributed by atoms with Crippen molar-refractivity contribution in [1.29, 1.82) is 0 Å². The van der Waals surface area contributed by atoms with E-state index in [0.29, 0.717) is 37.7 Å². The number of aromatic nitrogens is 2. The van der Waals surface area contributed by atoms with E-state index in [-0.39, 0.29) is 18.5 Å². The monoisotopic (exact) mass is 545 g/mol. The van der Waals surface area contributed by atoms with E-state index in [0.717, 1.165) is 36.4 Å². The van der Waals surface area contributed by atoms with Gasteiger partial charge in [0.05, 0.1) is 23.0 Å². The summed E-state index contributed by atoms with van der Waals surface area (Å²) in [6.07, 6.45) is 2.00. The zero-order chi connectivity index (χ0) is 27.7. The van der Waals surface area contributed by atoms with Gasteiger partial charge in [-0.3, -0.25) is 4.90 Å². The topological polar surface area (TPSA) is 69.0 Å². The minimum atomic E-state index is -0.730. The molecule has 0 amide bonds. The fraction of sp³-hybridized carbons (Fsp3) is 0.344. The van der Waals surface area contributed by atoms with Gasteiger partial charge in [0, 0.05) is 26.2 Å². The number of aliphatic hydroxyl groups is 1. The first kappa shape index (κ1) is 27.8. The summed E-state index contributed by atoms with van der Waals surface area (Å²) >= 11 is 0. The van der Waals surface area contributed by atoms with Crippen molar-refractivity contribution in [3.63, 3.8) is 0 Å². The zero-order valence-corrected chi connectivity index (χ0v) is 22.8. The number of benzene rings is 3. The van der Waals surface area contributed by atoms with Crippen LogP contribution in [-0.2, 0) is 17.7 Å². The van der Waals surface area contributed by atoms with Crippen LogP contribution in [0.2, 0.25) is 0 Å². The van der Waals surface area contributed by atoms with Crippen LogP contribution < -0.4 is 9.47 Å². The van der Waals surface area contributed by atoms with E-state index in [9.17, 15) is 9.50 Å². The van der Waals surface area contributed by atoms with Gasteiger partial charge in [-0.25, -0.2) is 9.07 Å². The van der Waals surface area contributed by atoms with Gasteiger partial charge in [-0.1, -0.05) is 55.5 Å². The minimum absolute atomic E-state index is 0.0763. The lowest BCUT2D eigenvalue weighted by atomic mass is 10.1. The third kappa shape index (κ3) is 7.07. The summed E-state index contributed by atoms with van der Waals surface area (Å²) in [7, 11) is 0. The van der Waals surface area contributed by atoms with Gasteiger partial charge in [-0.2, -0.15) is 5.10 Å². The van der Waals surface area contributed by atoms with E-state index >= 15 is 0 Å². The normalized spacial score (nSPS) is 15.8. The van der Waals surface area contributed by atoms with Gasteiger partial charge in [0.2, 0.25) is 5.88 Å². The SMILES string of the molecule is CCc1nn(-c2ccccc2)c(Oc2ccccc2F)c1CN(C[C@H](O)COc1ccccc1)C[C@H]1CCCO1. The van der Waals surface area contributed by atoms with Gasteiger partial charge in [-0.15, -0.1) is 0 Å². The number of rotatable bonds is 13. The third-order valence-corrected chi connectivity index (χ3v) is 6.92. The lowest BCUT2D eigenvalue weighted by molar-refractivity contribution is 0.0310. The number of halogens is 1. The molecular formula is C32H36FN3O4. The second-order valence-corrected chi connectivity index (χ2v) is 9.97. The van der Waals surface area contributed by atoms with Crippen LogP contribution in [0.1, 0.15) is 31.0 Å². The van der Waals surface area contributed by atoms with Crippen LogP contribution in [0.5, 0.6) is 17.4 Å². The average molecular weight is 546 g/mol. The second kappa shape index (κ2) is 13.6. The molecule has 1 fully saturated rings. The molecule has 1 saturated heterocycles. The zero-order valence-electron chi connectivity index (χ0n) is 22.8. The second-order valence-electron chi connectivity index (χ2n) is 9.97. The summed E-state index contributed by atoms with van der Waals surface area (Å²) < 4.78 is 34.5. The summed E-state index contributed by atoms with van der Waals surface area (Å²) in [4.78, 5) is 2.16. The fourth-order valence-electron chi connectivity index (χ4n) is 4.96. The largest absolute Gasteiger partial charge is 0.491 e. The van der Waals surface area contributed by atoms with Crippen LogP contribution in [-0.4, -0.2) is 58.3 Å². The van der Waals surface area contributed by atoms with Gasteiger partial charge in [0.25, 0.3) is 0 Å². The predicted molar refractivity (Wildman–Crippen MR) is 152 cm³/mol. The number of para-hydroxylation sites is 3. The molecule has 4 aromatic rings. The van der Waals surface area contributed by atoms with E-state index < -0.39 is 11.9 Å². The summed E-state index contributed by atoms with van der Waals surface area (Å²) in [6.45, 7) is 4.40. The van der Waals surface area contributed by atoms with Gasteiger partial charge in [-0.05, 0) is 55.7 Å². The minimum Gasteiger partial charge on any atom is -0.491 e. The number of hydrogen-bond acceptors (Lipinski definition) is 6. The van der Waals surface area contributed by atoms with Crippen LogP contribution >= 0.6 is 0 Å². The highest BCUT2D eigenvalue weighted by atomic mass is 19.1. The lowest BCUT2D eigenvalue weighted by Crippen LogP contribution is -2.39. The molecule has 0 unspecified atom stereocenters. The van der Waals surface area contributed by atoms with Gasteiger partial charge in [0.15, 0.2) is 11.6 Å². The Balaban J connectivity index is 1.44. The highest BCUT2D eigenvalue weighted by Crippen LogP contribution is 2.33. The molecule has 0 saturated carbocycles. The number of aliphatic hydroxyl groups excluding tert-OH is 1. The predicted octanol–water partition coefficient (Wildman–Crippen LogP) is 5.79. The van der Waals surface area contributed by atoms with Crippen molar-refractivity contribution in [3.8, 4) is 23.1 Å². The van der Waals surface area contributed by atoms with Gasteiger partial charge in [0.1, 0.15) is 18.5 Å². The standard InChI is InChI=1S/C32H36FN3O4/c1-2-30-28(32(40-31-18-10-9-17-29(31)33)36(34-30)24-12-5-3-6-13-24)22-35(21-27-16-11-19-38-27)20-25(37)23-39-26-14-7-4-8-15-26/h3-10,12-15,17-18,25,27,37H,2,11,16,19-23H2,1H3/t25-,27+/m0/s1. The van der Waals surface area contributed by atoms with Crippen molar-refractivity contribution in [2.24, 2.45) is 0 Å². The summed E-state index contributed by atoms with van der Waals surface area (Å²) in [5.74, 6) is 0.855. The van der Waals surface area contributed by atoms with Crippen LogP contribution in [0.15, 0.2) is 84.9 Å². The first-order valence-corrected chi connectivity index (χ1v) is 13.9. The van der Waals surface area contributed by atoms with Gasteiger partial charge >= 0.3 is 0 Å². The highest BCUT2D eigenvalue weighted by Gasteiger charge is 2.27. The molecule has 40 heavy (non-hydrogen) atoms. The third-order valence-electron chi connectivity index (χ3n) is 6.92. The Morgan fingerprint density at radius 1 is 1.05 bits per heavy atom. The maximum atomic E-state index is 14.7. The Bertz CT molecular complexity index is 1340. The first-order valence-electron chi connectivity index (χ1n) is 13.9. The number of ether oxygens (including phenoxy) is 3. The average Bonchev–Trinajstić information content (AvgIpc) is 3.62. The molecule has 1 aromatic heterocycles. The van der Waals surface area contributed by atoms with Gasteiger partial charge < -0.3 is 19.3 Å². The fourth-order valence-corrected chi connectivity index (χ4v) is 4.96. The van der Waals surface area contributed by atoms with Crippen LogP contribution in [0.25, 0.3) is 5.69 Å². The molecule has 210 valence electrons. The quantitative estimate of drug-likeness (QED) is 0.230. The molecule has 2 atom stereocenters. The summed E-state index contributed by atoms with van der Waals surface area (Å²) in [5.41, 5.74) is 2.52. The first-order chi connectivity index (χ1) is 19.6. The van der Waals surface area contributed by atoms with Crippen LogP contribution in [0.3, 0.4) is 0 Å². The molecule has 1 aliphatic heterocycles. The van der Waals surface area contributed by atoms with Crippen molar-refractivity contribution in [2.75, 3.05) is 26.3 Å². The molecule has 8 heteroatoms. The number of nitrogens with zero attached hydrogens (tertiary/aromatic N) is 3. The Labute approximate surface area is 234 Å². The van der Waals surface area contributed by atoms with Crippen molar-refractivity contribution in [2.45, 2.75) is 44.9 Å². The van der Waals surface area contributed by atoms with Crippen LogP contribution in [0, 0.1) is 5.82 Å². The molecule has 3 aromatic carbocycles. The van der Waals surface area contributed by atoms with Crippen molar-refractivity contribution < 1.29 is 23.7 Å². The highest BCUT2D eigenvalue weighted by molar-refractivity contribution is 5.44. The van der Waals surface area contributed by atoms with E-state index in [1.165, 1.54) is 6.07 Å². The Kier molecular flexibility index (Phi) is 9.44. The molecule has 1 N–H and O–H groups in total. The molecule has 0 spiro atoms. The smallest absolute Gasteiger partial charge is 0.227 e. The molecule has 5 rings (SSSR count).